The van der Waals surface area contributed by atoms with Crippen LogP contribution in [0.25, 0.3) is 0 Å². The highest BCUT2D eigenvalue weighted by molar-refractivity contribution is 5.96. The van der Waals surface area contributed by atoms with E-state index in [0.29, 0.717) is 17.1 Å². The summed E-state index contributed by atoms with van der Waals surface area (Å²) in [6, 6.07) is 9.10. The summed E-state index contributed by atoms with van der Waals surface area (Å²) in [6.07, 6.45) is -4.61. The standard InChI is InChI=1S/C18H18F3NO3/c1-11(14-10-12(24-2)8-9-16(14)25-3)22-17(23)13-6-4-5-7-15(13)18(19,20)21/h4-11H,1-3H3,(H,22,23). The van der Waals surface area contributed by atoms with Gasteiger partial charge in [-0.15, -0.1) is 0 Å². The fourth-order valence-corrected chi connectivity index (χ4v) is 2.46. The van der Waals surface area contributed by atoms with Gasteiger partial charge in [0.05, 0.1) is 31.4 Å². The first kappa shape index (κ1) is 18.6. The maximum Gasteiger partial charge on any atom is 0.417 e. The molecule has 0 radical (unpaired) electrons. The SMILES string of the molecule is COc1ccc(OC)c(C(C)NC(=O)c2ccccc2C(F)(F)F)c1. The third kappa shape index (κ3) is 4.23. The Labute approximate surface area is 143 Å². The van der Waals surface area contributed by atoms with E-state index in [0.717, 1.165) is 12.1 Å². The minimum absolute atomic E-state index is 0.427. The quantitative estimate of drug-likeness (QED) is 0.876. The van der Waals surface area contributed by atoms with E-state index in [1.807, 2.05) is 0 Å². The van der Waals surface area contributed by atoms with E-state index in [4.69, 9.17) is 9.47 Å². The number of amides is 1. The Hall–Kier alpha value is -2.70. The molecule has 0 saturated heterocycles. The maximum atomic E-state index is 13.1. The van der Waals surface area contributed by atoms with Crippen LogP contribution in [0.4, 0.5) is 13.2 Å². The fraction of sp³-hybridized carbons (Fsp3) is 0.278. The van der Waals surface area contributed by atoms with Crippen molar-refractivity contribution in [1.82, 2.24) is 5.32 Å². The Morgan fingerprint density at radius 1 is 1.08 bits per heavy atom. The van der Waals surface area contributed by atoms with Crippen molar-refractivity contribution >= 4 is 5.91 Å². The molecule has 2 aromatic carbocycles. The average Bonchev–Trinajstić information content (AvgIpc) is 2.60. The van der Waals surface area contributed by atoms with Crippen LogP contribution in [0.1, 0.15) is 34.5 Å². The van der Waals surface area contributed by atoms with Gasteiger partial charge < -0.3 is 14.8 Å². The molecular weight excluding hydrogens is 335 g/mol. The van der Waals surface area contributed by atoms with Crippen molar-refractivity contribution in [3.8, 4) is 11.5 Å². The third-order valence-electron chi connectivity index (χ3n) is 3.73. The Kier molecular flexibility index (Phi) is 5.56. The summed E-state index contributed by atoms with van der Waals surface area (Å²) in [7, 11) is 2.97. The summed E-state index contributed by atoms with van der Waals surface area (Å²) in [5, 5.41) is 2.58. The molecule has 0 aliphatic carbocycles. The second-order valence-electron chi connectivity index (χ2n) is 5.35. The Morgan fingerprint density at radius 2 is 1.76 bits per heavy atom. The van der Waals surface area contributed by atoms with Crippen molar-refractivity contribution in [1.29, 1.82) is 0 Å². The van der Waals surface area contributed by atoms with Crippen LogP contribution in [-0.2, 0) is 6.18 Å². The molecule has 4 nitrogen and oxygen atoms in total. The molecule has 1 N–H and O–H groups in total. The van der Waals surface area contributed by atoms with Crippen molar-refractivity contribution in [2.75, 3.05) is 14.2 Å². The number of hydrogen-bond acceptors (Lipinski definition) is 3. The molecule has 134 valence electrons. The van der Waals surface area contributed by atoms with Crippen LogP contribution in [0, 0.1) is 0 Å². The summed E-state index contributed by atoms with van der Waals surface area (Å²) in [5.74, 6) is 0.232. The molecule has 0 aliphatic heterocycles. The molecule has 0 bridgehead atoms. The van der Waals surface area contributed by atoms with Crippen molar-refractivity contribution in [2.45, 2.75) is 19.1 Å². The summed E-state index contributed by atoms with van der Waals surface area (Å²) in [6.45, 7) is 1.66. The van der Waals surface area contributed by atoms with Gasteiger partial charge in [-0.3, -0.25) is 4.79 Å². The van der Waals surface area contributed by atoms with Crippen molar-refractivity contribution in [2.24, 2.45) is 0 Å². The monoisotopic (exact) mass is 353 g/mol. The van der Waals surface area contributed by atoms with Crippen molar-refractivity contribution < 1.29 is 27.4 Å². The minimum Gasteiger partial charge on any atom is -0.497 e. The van der Waals surface area contributed by atoms with Crippen LogP contribution in [0.15, 0.2) is 42.5 Å². The number of methoxy groups -OCH3 is 2. The number of hydrogen-bond donors (Lipinski definition) is 1. The Bertz CT molecular complexity index is 759. The Balaban J connectivity index is 2.30. The van der Waals surface area contributed by atoms with Crippen molar-refractivity contribution in [3.63, 3.8) is 0 Å². The van der Waals surface area contributed by atoms with Gasteiger partial charge in [0.25, 0.3) is 5.91 Å². The molecule has 1 amide bonds. The van der Waals surface area contributed by atoms with Gasteiger partial charge >= 0.3 is 6.18 Å². The molecule has 0 aliphatic rings. The maximum absolute atomic E-state index is 13.1. The zero-order chi connectivity index (χ0) is 18.6. The van der Waals surface area contributed by atoms with E-state index in [9.17, 15) is 18.0 Å². The third-order valence-corrected chi connectivity index (χ3v) is 3.73. The van der Waals surface area contributed by atoms with Gasteiger partial charge in [0.1, 0.15) is 11.5 Å². The average molecular weight is 353 g/mol. The number of carbonyl (C=O) groups is 1. The molecule has 0 spiro atoms. The lowest BCUT2D eigenvalue weighted by Crippen LogP contribution is -2.29. The van der Waals surface area contributed by atoms with E-state index < -0.39 is 29.3 Å². The number of alkyl halides is 3. The smallest absolute Gasteiger partial charge is 0.417 e. The second kappa shape index (κ2) is 7.46. The molecule has 0 saturated carbocycles. The first-order valence-corrected chi connectivity index (χ1v) is 7.47. The van der Waals surface area contributed by atoms with Gasteiger partial charge in [-0.25, -0.2) is 0 Å². The molecule has 7 heteroatoms. The predicted molar refractivity (Wildman–Crippen MR) is 86.9 cm³/mol. The molecule has 0 aromatic heterocycles. The lowest BCUT2D eigenvalue weighted by atomic mass is 10.0. The molecule has 2 aromatic rings. The Morgan fingerprint density at radius 3 is 2.36 bits per heavy atom. The van der Waals surface area contributed by atoms with Crippen molar-refractivity contribution in [3.05, 3.63) is 59.2 Å². The highest BCUT2D eigenvalue weighted by Gasteiger charge is 2.35. The van der Waals surface area contributed by atoms with E-state index in [1.165, 1.54) is 26.4 Å². The van der Waals surface area contributed by atoms with Gasteiger partial charge in [0.15, 0.2) is 0 Å². The van der Waals surface area contributed by atoms with Crippen LogP contribution >= 0.6 is 0 Å². The summed E-state index contributed by atoms with van der Waals surface area (Å²) in [5.41, 5.74) is -0.805. The molecular formula is C18H18F3NO3. The number of halogens is 3. The number of carbonyl (C=O) groups excluding carboxylic acids is 1. The van der Waals surface area contributed by atoms with Crippen LogP contribution in [0.2, 0.25) is 0 Å². The second-order valence-corrected chi connectivity index (χ2v) is 5.35. The highest BCUT2D eigenvalue weighted by atomic mass is 19.4. The molecule has 25 heavy (non-hydrogen) atoms. The number of benzene rings is 2. The van der Waals surface area contributed by atoms with E-state index in [2.05, 4.69) is 5.32 Å². The summed E-state index contributed by atoms with van der Waals surface area (Å²) >= 11 is 0. The number of rotatable bonds is 5. The fourth-order valence-electron chi connectivity index (χ4n) is 2.46. The first-order chi connectivity index (χ1) is 11.8. The van der Waals surface area contributed by atoms with Gasteiger partial charge in [-0.05, 0) is 37.3 Å². The number of nitrogens with one attached hydrogen (secondary N) is 1. The largest absolute Gasteiger partial charge is 0.497 e. The molecule has 1 unspecified atom stereocenters. The van der Waals surface area contributed by atoms with E-state index in [-0.39, 0.29) is 0 Å². The molecule has 0 fully saturated rings. The lowest BCUT2D eigenvalue weighted by Gasteiger charge is -2.19. The van der Waals surface area contributed by atoms with E-state index >= 15 is 0 Å². The first-order valence-electron chi connectivity index (χ1n) is 7.47. The normalized spacial score (nSPS) is 12.4. The van der Waals surface area contributed by atoms with E-state index in [1.54, 1.807) is 25.1 Å². The van der Waals surface area contributed by atoms with Crippen LogP contribution in [0.3, 0.4) is 0 Å². The van der Waals surface area contributed by atoms with Gasteiger partial charge in [0.2, 0.25) is 0 Å². The molecule has 0 heterocycles. The zero-order valence-electron chi connectivity index (χ0n) is 14.0. The van der Waals surface area contributed by atoms with Crippen LogP contribution in [0.5, 0.6) is 11.5 Å². The molecule has 1 atom stereocenters. The van der Waals surface area contributed by atoms with Crippen LogP contribution in [-0.4, -0.2) is 20.1 Å². The number of ether oxygens (including phenoxy) is 2. The lowest BCUT2D eigenvalue weighted by molar-refractivity contribution is -0.137. The minimum atomic E-state index is -4.61. The van der Waals surface area contributed by atoms with Gasteiger partial charge in [0, 0.05) is 5.56 Å². The van der Waals surface area contributed by atoms with Gasteiger partial charge in [-0.1, -0.05) is 12.1 Å². The highest BCUT2D eigenvalue weighted by Crippen LogP contribution is 2.33. The molecule has 2 rings (SSSR count). The van der Waals surface area contributed by atoms with Gasteiger partial charge in [-0.2, -0.15) is 13.2 Å². The summed E-state index contributed by atoms with van der Waals surface area (Å²) < 4.78 is 49.6. The topological polar surface area (TPSA) is 47.6 Å². The zero-order valence-corrected chi connectivity index (χ0v) is 14.0. The van der Waals surface area contributed by atoms with Crippen LogP contribution < -0.4 is 14.8 Å². The predicted octanol–water partition coefficient (Wildman–Crippen LogP) is 4.21. The summed E-state index contributed by atoms with van der Waals surface area (Å²) in [4.78, 5) is 12.4.